The molecule has 2 aliphatic rings. The Balaban J connectivity index is 1.79. The molecule has 1 amide bonds. The minimum absolute atomic E-state index is 0.105. The molecule has 1 atom stereocenters. The molecule has 1 saturated carbocycles. The van der Waals surface area contributed by atoms with Crippen LogP contribution < -0.4 is 4.74 Å². The van der Waals surface area contributed by atoms with E-state index in [4.69, 9.17) is 4.74 Å². The van der Waals surface area contributed by atoms with Crippen LogP contribution >= 0.6 is 0 Å². The summed E-state index contributed by atoms with van der Waals surface area (Å²) in [7, 11) is 1.51. The molecule has 3 rings (SSSR count). The Kier molecular flexibility index (Phi) is 3.64. The van der Waals surface area contributed by atoms with Crippen LogP contribution in [0.15, 0.2) is 18.2 Å². The Morgan fingerprint density at radius 3 is 2.80 bits per heavy atom. The number of carbonyl (C=O) groups excluding carboxylic acids is 1. The summed E-state index contributed by atoms with van der Waals surface area (Å²) in [5.41, 5.74) is 0.337. The van der Waals surface area contributed by atoms with E-state index in [-0.39, 0.29) is 5.91 Å². The van der Waals surface area contributed by atoms with Crippen molar-refractivity contribution in [1.29, 1.82) is 0 Å². The first-order valence-electron chi connectivity index (χ1n) is 7.32. The molecule has 0 radical (unpaired) electrons. The number of hydrogen-bond donors (Lipinski definition) is 0. The number of hydrogen-bond acceptors (Lipinski definition) is 2. The maximum Gasteiger partial charge on any atom is 0.257 e. The molecule has 1 aliphatic carbocycles. The van der Waals surface area contributed by atoms with Gasteiger partial charge in [0.15, 0.2) is 0 Å². The molecular formula is C16H20FNO2. The van der Waals surface area contributed by atoms with Gasteiger partial charge in [-0.3, -0.25) is 4.79 Å². The second kappa shape index (κ2) is 5.43. The van der Waals surface area contributed by atoms with Crippen molar-refractivity contribution in [3.63, 3.8) is 0 Å². The molecule has 0 aromatic heterocycles. The van der Waals surface area contributed by atoms with Crippen molar-refractivity contribution in [1.82, 2.24) is 4.90 Å². The molecule has 4 heteroatoms. The number of ether oxygens (including phenoxy) is 1. The van der Waals surface area contributed by atoms with Crippen molar-refractivity contribution in [2.45, 2.75) is 25.7 Å². The number of benzene rings is 1. The lowest BCUT2D eigenvalue weighted by molar-refractivity contribution is 0.0656. The van der Waals surface area contributed by atoms with Crippen LogP contribution in [-0.2, 0) is 0 Å². The van der Waals surface area contributed by atoms with Crippen LogP contribution in [0.25, 0.3) is 0 Å². The standard InChI is InChI=1S/C16H20FNO2/c1-20-15-7-6-13(17)9-14(15)16(19)18-8-2-3-12(10-18)11-4-5-11/h6-7,9,11-12H,2-5,8,10H2,1H3. The molecular weight excluding hydrogens is 257 g/mol. The Hall–Kier alpha value is -1.58. The lowest BCUT2D eigenvalue weighted by Gasteiger charge is -2.33. The fourth-order valence-electron chi connectivity index (χ4n) is 3.16. The van der Waals surface area contributed by atoms with E-state index >= 15 is 0 Å². The number of halogens is 1. The fraction of sp³-hybridized carbons (Fsp3) is 0.562. The molecule has 108 valence electrons. The lowest BCUT2D eigenvalue weighted by Crippen LogP contribution is -2.40. The molecule has 1 aliphatic heterocycles. The maximum absolute atomic E-state index is 13.4. The second-order valence-electron chi connectivity index (χ2n) is 5.84. The second-order valence-corrected chi connectivity index (χ2v) is 5.84. The Bertz CT molecular complexity index is 513. The van der Waals surface area contributed by atoms with Crippen molar-refractivity contribution in [2.24, 2.45) is 11.8 Å². The summed E-state index contributed by atoms with van der Waals surface area (Å²) in [5, 5.41) is 0. The van der Waals surface area contributed by atoms with E-state index in [9.17, 15) is 9.18 Å². The molecule has 1 aromatic carbocycles. The van der Waals surface area contributed by atoms with E-state index in [1.807, 2.05) is 4.90 Å². The molecule has 1 unspecified atom stereocenters. The number of methoxy groups -OCH3 is 1. The summed E-state index contributed by atoms with van der Waals surface area (Å²) >= 11 is 0. The van der Waals surface area contributed by atoms with Crippen molar-refractivity contribution in [2.75, 3.05) is 20.2 Å². The largest absolute Gasteiger partial charge is 0.496 e. The van der Waals surface area contributed by atoms with Crippen LogP contribution in [0, 0.1) is 17.7 Å². The number of piperidine rings is 1. The first kappa shape index (κ1) is 13.4. The van der Waals surface area contributed by atoms with Gasteiger partial charge in [-0.15, -0.1) is 0 Å². The van der Waals surface area contributed by atoms with Crippen molar-refractivity contribution in [3.8, 4) is 5.75 Å². The summed E-state index contributed by atoms with van der Waals surface area (Å²) in [6.07, 6.45) is 4.87. The molecule has 1 heterocycles. The highest BCUT2D eigenvalue weighted by Gasteiger charge is 2.35. The van der Waals surface area contributed by atoms with Gasteiger partial charge in [0.1, 0.15) is 11.6 Å². The van der Waals surface area contributed by atoms with Crippen LogP contribution in [0.1, 0.15) is 36.0 Å². The van der Waals surface area contributed by atoms with Gasteiger partial charge in [-0.1, -0.05) is 0 Å². The van der Waals surface area contributed by atoms with Gasteiger partial charge in [-0.05, 0) is 55.7 Å². The van der Waals surface area contributed by atoms with Gasteiger partial charge >= 0.3 is 0 Å². The monoisotopic (exact) mass is 277 g/mol. The molecule has 3 nitrogen and oxygen atoms in total. The molecule has 20 heavy (non-hydrogen) atoms. The SMILES string of the molecule is COc1ccc(F)cc1C(=O)N1CCCC(C2CC2)C1. The zero-order valence-corrected chi connectivity index (χ0v) is 11.8. The Morgan fingerprint density at radius 2 is 2.10 bits per heavy atom. The van der Waals surface area contributed by atoms with Gasteiger partial charge in [0, 0.05) is 13.1 Å². The highest BCUT2D eigenvalue weighted by atomic mass is 19.1. The smallest absolute Gasteiger partial charge is 0.257 e. The summed E-state index contributed by atoms with van der Waals surface area (Å²) < 4.78 is 18.6. The van der Waals surface area contributed by atoms with Gasteiger partial charge in [0.05, 0.1) is 12.7 Å². The molecule has 1 saturated heterocycles. The van der Waals surface area contributed by atoms with Crippen molar-refractivity contribution < 1.29 is 13.9 Å². The van der Waals surface area contributed by atoms with Gasteiger partial charge in [0.25, 0.3) is 5.91 Å². The highest BCUT2D eigenvalue weighted by molar-refractivity contribution is 5.97. The first-order chi connectivity index (χ1) is 9.69. The average Bonchev–Trinajstić information content (AvgIpc) is 3.31. The number of nitrogens with zero attached hydrogens (tertiary/aromatic N) is 1. The lowest BCUT2D eigenvalue weighted by atomic mass is 9.93. The van der Waals surface area contributed by atoms with Gasteiger partial charge in [-0.2, -0.15) is 0 Å². The van der Waals surface area contributed by atoms with Gasteiger partial charge in [0.2, 0.25) is 0 Å². The quantitative estimate of drug-likeness (QED) is 0.849. The number of rotatable bonds is 3. The van der Waals surface area contributed by atoms with E-state index in [1.165, 1.54) is 44.6 Å². The van der Waals surface area contributed by atoms with Crippen LogP contribution in [0.4, 0.5) is 4.39 Å². The third kappa shape index (κ3) is 2.65. The molecule has 0 spiro atoms. The van der Waals surface area contributed by atoms with Crippen LogP contribution in [0.5, 0.6) is 5.75 Å². The summed E-state index contributed by atoms with van der Waals surface area (Å²) in [6, 6.07) is 4.12. The van der Waals surface area contributed by atoms with Crippen molar-refractivity contribution in [3.05, 3.63) is 29.6 Å². The maximum atomic E-state index is 13.4. The van der Waals surface area contributed by atoms with E-state index in [1.54, 1.807) is 0 Å². The number of amides is 1. The first-order valence-corrected chi connectivity index (χ1v) is 7.32. The van der Waals surface area contributed by atoms with Crippen LogP contribution in [-0.4, -0.2) is 31.0 Å². The highest BCUT2D eigenvalue weighted by Crippen LogP contribution is 2.41. The zero-order valence-electron chi connectivity index (χ0n) is 11.8. The number of likely N-dealkylation sites (tertiary alicyclic amines) is 1. The van der Waals surface area contributed by atoms with E-state index < -0.39 is 5.82 Å². The normalized spacial score (nSPS) is 22.7. The van der Waals surface area contributed by atoms with E-state index in [0.29, 0.717) is 17.2 Å². The molecule has 0 bridgehead atoms. The third-order valence-corrected chi connectivity index (χ3v) is 4.43. The van der Waals surface area contributed by atoms with E-state index in [2.05, 4.69) is 0 Å². The molecule has 0 N–H and O–H groups in total. The predicted octanol–water partition coefficient (Wildman–Crippen LogP) is 3.10. The molecule has 2 fully saturated rings. The minimum Gasteiger partial charge on any atom is -0.496 e. The van der Waals surface area contributed by atoms with Crippen LogP contribution in [0.2, 0.25) is 0 Å². The topological polar surface area (TPSA) is 29.5 Å². The summed E-state index contributed by atoms with van der Waals surface area (Å²) in [6.45, 7) is 1.57. The van der Waals surface area contributed by atoms with Gasteiger partial charge < -0.3 is 9.64 Å². The van der Waals surface area contributed by atoms with Crippen molar-refractivity contribution >= 4 is 5.91 Å². The minimum atomic E-state index is -0.398. The van der Waals surface area contributed by atoms with Crippen LogP contribution in [0.3, 0.4) is 0 Å². The van der Waals surface area contributed by atoms with E-state index in [0.717, 1.165) is 25.4 Å². The zero-order chi connectivity index (χ0) is 14.1. The fourth-order valence-corrected chi connectivity index (χ4v) is 3.16. The Morgan fingerprint density at radius 1 is 1.30 bits per heavy atom. The molecule has 1 aromatic rings. The van der Waals surface area contributed by atoms with Gasteiger partial charge in [-0.25, -0.2) is 4.39 Å². The third-order valence-electron chi connectivity index (χ3n) is 4.43. The average molecular weight is 277 g/mol. The number of carbonyl (C=O) groups is 1. The Labute approximate surface area is 118 Å². The summed E-state index contributed by atoms with van der Waals surface area (Å²) in [5.74, 6) is 1.38. The summed E-state index contributed by atoms with van der Waals surface area (Å²) in [4.78, 5) is 14.5. The predicted molar refractivity (Wildman–Crippen MR) is 74.3 cm³/mol.